The van der Waals surface area contributed by atoms with Gasteiger partial charge >= 0.3 is 0 Å². The Labute approximate surface area is 109 Å². The number of anilines is 2. The van der Waals surface area contributed by atoms with Crippen LogP contribution in [-0.4, -0.2) is 11.4 Å². The molecule has 2 aliphatic rings. The fraction of sp³-hybridized carbons (Fsp3) is 0.0625. The molecule has 0 bridgehead atoms. The van der Waals surface area contributed by atoms with Gasteiger partial charge in [-0.05, 0) is 17.5 Å². The van der Waals surface area contributed by atoms with Crippen LogP contribution < -0.4 is 10.6 Å². The lowest BCUT2D eigenvalue weighted by Crippen LogP contribution is -2.52. The molecule has 1 aliphatic carbocycles. The lowest BCUT2D eigenvalue weighted by Gasteiger charge is -2.37. The zero-order valence-electron chi connectivity index (χ0n) is 10.0. The largest absolute Gasteiger partial charge is 0.352 e. The van der Waals surface area contributed by atoms with Crippen LogP contribution >= 0.6 is 0 Å². The first-order chi connectivity index (χ1) is 9.28. The van der Waals surface area contributed by atoms with E-state index in [9.17, 15) is 4.79 Å². The first kappa shape index (κ1) is 10.2. The number of benzene rings is 2. The molecule has 1 heterocycles. The number of hydrogen-bond acceptors (Lipinski definition) is 3. The molecule has 2 aromatic rings. The average molecular weight is 246 g/mol. The van der Waals surface area contributed by atoms with Gasteiger partial charge in [0.2, 0.25) is 11.4 Å². The Morgan fingerprint density at radius 3 is 2.26 bits per heavy atom. The molecule has 0 aromatic heterocycles. The molecule has 2 aromatic carbocycles. The van der Waals surface area contributed by atoms with Crippen LogP contribution in [0.3, 0.4) is 0 Å². The molecule has 90 valence electrons. The van der Waals surface area contributed by atoms with E-state index in [0.29, 0.717) is 0 Å². The molecule has 0 radical (unpaired) electrons. The Morgan fingerprint density at radius 1 is 0.947 bits per heavy atom. The normalized spacial score (nSPS) is 17.6. The Kier molecular flexibility index (Phi) is 1.82. The second-order valence-electron chi connectivity index (χ2n) is 4.71. The van der Waals surface area contributed by atoms with E-state index < -0.39 is 5.66 Å². The Morgan fingerprint density at radius 2 is 1.63 bits per heavy atom. The van der Waals surface area contributed by atoms with Crippen LogP contribution in [-0.2, 0) is 4.79 Å². The summed E-state index contributed by atoms with van der Waals surface area (Å²) in [4.78, 5) is 12.2. The van der Waals surface area contributed by atoms with E-state index in [1.165, 1.54) is 6.08 Å². The second kappa shape index (κ2) is 3.39. The summed E-state index contributed by atoms with van der Waals surface area (Å²) in [6.45, 7) is 0. The molecule has 0 fully saturated rings. The molecule has 3 nitrogen and oxygen atoms in total. The van der Waals surface area contributed by atoms with Crippen molar-refractivity contribution in [2.75, 3.05) is 10.6 Å². The van der Waals surface area contributed by atoms with E-state index in [0.717, 1.165) is 22.1 Å². The Hall–Kier alpha value is -2.73. The van der Waals surface area contributed by atoms with Crippen LogP contribution in [0.4, 0.5) is 11.4 Å². The van der Waals surface area contributed by atoms with Crippen molar-refractivity contribution in [3.05, 3.63) is 60.0 Å². The minimum Gasteiger partial charge on any atom is -0.352 e. The third-order valence-electron chi connectivity index (χ3n) is 3.53. The SMILES string of the molecule is O=C1C=C=C=CC12Nc1cccc3cccc(c13)N2. The van der Waals surface area contributed by atoms with E-state index in [1.54, 1.807) is 6.08 Å². The van der Waals surface area contributed by atoms with E-state index in [2.05, 4.69) is 34.2 Å². The topological polar surface area (TPSA) is 41.1 Å². The summed E-state index contributed by atoms with van der Waals surface area (Å²) in [5.74, 6) is -0.0715. The van der Waals surface area contributed by atoms with Crippen LogP contribution in [0.15, 0.2) is 60.0 Å². The van der Waals surface area contributed by atoms with Crippen molar-refractivity contribution >= 4 is 27.9 Å². The third kappa shape index (κ3) is 1.31. The van der Waals surface area contributed by atoms with Gasteiger partial charge in [0, 0.05) is 28.9 Å². The number of carbonyl (C=O) groups is 1. The van der Waals surface area contributed by atoms with Gasteiger partial charge in [0.05, 0.1) is 0 Å². The van der Waals surface area contributed by atoms with E-state index in [-0.39, 0.29) is 5.78 Å². The zero-order chi connectivity index (χ0) is 12.9. The molecule has 1 aliphatic heterocycles. The van der Waals surface area contributed by atoms with Crippen molar-refractivity contribution in [2.24, 2.45) is 0 Å². The van der Waals surface area contributed by atoms with Crippen molar-refractivity contribution in [3.63, 3.8) is 0 Å². The molecular formula is C16H10N2O. The predicted molar refractivity (Wildman–Crippen MR) is 75.1 cm³/mol. The summed E-state index contributed by atoms with van der Waals surface area (Å²) < 4.78 is 0. The highest BCUT2D eigenvalue weighted by molar-refractivity contribution is 6.12. The van der Waals surface area contributed by atoms with Gasteiger partial charge < -0.3 is 10.6 Å². The lowest BCUT2D eigenvalue weighted by atomic mass is 9.95. The summed E-state index contributed by atoms with van der Waals surface area (Å²) in [6, 6.07) is 12.0. The molecule has 0 saturated heterocycles. The molecule has 0 atom stereocenters. The molecule has 2 N–H and O–H groups in total. The molecule has 3 heteroatoms. The third-order valence-corrected chi connectivity index (χ3v) is 3.53. The van der Waals surface area contributed by atoms with E-state index >= 15 is 0 Å². The van der Waals surface area contributed by atoms with Crippen LogP contribution in [0.5, 0.6) is 0 Å². The first-order valence-corrected chi connectivity index (χ1v) is 6.10. The Bertz CT molecular complexity index is 781. The Balaban J connectivity index is 2.00. The summed E-state index contributed by atoms with van der Waals surface area (Å²) >= 11 is 0. The van der Waals surface area contributed by atoms with Gasteiger partial charge in [-0.15, -0.1) is 0 Å². The maximum absolute atomic E-state index is 12.2. The number of ketones is 1. The van der Waals surface area contributed by atoms with Gasteiger partial charge in [0.1, 0.15) is 0 Å². The minimum absolute atomic E-state index is 0.0715. The summed E-state index contributed by atoms with van der Waals surface area (Å²) in [6.07, 6.45) is 3.10. The van der Waals surface area contributed by atoms with Crippen LogP contribution in [0.25, 0.3) is 10.8 Å². The highest BCUT2D eigenvalue weighted by atomic mass is 16.1. The van der Waals surface area contributed by atoms with E-state index in [1.807, 2.05) is 24.3 Å². The molecule has 0 amide bonds. The molecule has 4 rings (SSSR count). The number of rotatable bonds is 0. The summed E-state index contributed by atoms with van der Waals surface area (Å²) in [5.41, 5.74) is 6.52. The fourth-order valence-corrected chi connectivity index (χ4v) is 2.64. The quantitative estimate of drug-likeness (QED) is 0.702. The molecule has 0 unspecified atom stereocenters. The standard InChI is InChI=1S/C16H10N2O/c19-14-9-1-2-10-16(14)17-12-7-3-5-11-6-4-8-13(18-16)15(11)12/h3-10,17-18H. The smallest absolute Gasteiger partial charge is 0.214 e. The number of nitrogens with one attached hydrogen (secondary N) is 2. The van der Waals surface area contributed by atoms with Gasteiger partial charge in [-0.2, -0.15) is 0 Å². The number of carbonyl (C=O) groups excluding carboxylic acids is 1. The summed E-state index contributed by atoms with van der Waals surface area (Å²) in [5, 5.41) is 8.80. The summed E-state index contributed by atoms with van der Waals surface area (Å²) in [7, 11) is 0. The van der Waals surface area contributed by atoms with Crippen molar-refractivity contribution in [3.8, 4) is 0 Å². The fourth-order valence-electron chi connectivity index (χ4n) is 2.64. The van der Waals surface area contributed by atoms with Crippen molar-refractivity contribution in [1.29, 1.82) is 0 Å². The maximum atomic E-state index is 12.2. The highest BCUT2D eigenvalue weighted by Gasteiger charge is 2.38. The molecule has 0 saturated carbocycles. The van der Waals surface area contributed by atoms with Gasteiger partial charge in [0.25, 0.3) is 0 Å². The van der Waals surface area contributed by atoms with Crippen molar-refractivity contribution in [2.45, 2.75) is 5.66 Å². The highest BCUT2D eigenvalue weighted by Crippen LogP contribution is 2.38. The van der Waals surface area contributed by atoms with Gasteiger partial charge in [-0.1, -0.05) is 35.7 Å². The lowest BCUT2D eigenvalue weighted by molar-refractivity contribution is -0.116. The van der Waals surface area contributed by atoms with Gasteiger partial charge in [0.15, 0.2) is 0 Å². The number of hydrogen-bond donors (Lipinski definition) is 2. The second-order valence-corrected chi connectivity index (χ2v) is 4.71. The van der Waals surface area contributed by atoms with Crippen LogP contribution in [0.1, 0.15) is 0 Å². The molecule has 1 spiro atoms. The first-order valence-electron chi connectivity index (χ1n) is 6.10. The van der Waals surface area contributed by atoms with E-state index in [4.69, 9.17) is 0 Å². The van der Waals surface area contributed by atoms with Crippen LogP contribution in [0.2, 0.25) is 0 Å². The van der Waals surface area contributed by atoms with Crippen LogP contribution in [0, 0.1) is 0 Å². The van der Waals surface area contributed by atoms with Crippen molar-refractivity contribution in [1.82, 2.24) is 0 Å². The van der Waals surface area contributed by atoms with Gasteiger partial charge in [-0.3, -0.25) is 4.79 Å². The molecular weight excluding hydrogens is 236 g/mol. The zero-order valence-corrected chi connectivity index (χ0v) is 10.0. The molecule has 19 heavy (non-hydrogen) atoms. The predicted octanol–water partition coefficient (Wildman–Crippen LogP) is 2.82. The average Bonchev–Trinajstić information content (AvgIpc) is 2.43. The van der Waals surface area contributed by atoms with Crippen molar-refractivity contribution < 1.29 is 4.79 Å². The monoisotopic (exact) mass is 246 g/mol. The minimum atomic E-state index is -0.937. The van der Waals surface area contributed by atoms with Gasteiger partial charge in [-0.25, -0.2) is 0 Å². The maximum Gasteiger partial charge on any atom is 0.214 e.